The summed E-state index contributed by atoms with van der Waals surface area (Å²) in [5.74, 6) is -0.774. The van der Waals surface area contributed by atoms with Gasteiger partial charge in [0.1, 0.15) is 12.1 Å². The second-order valence-corrected chi connectivity index (χ2v) is 4.39. The molecule has 1 amide bonds. The maximum Gasteiger partial charge on any atom is 0.406 e. The molecule has 0 radical (unpaired) electrons. The molecule has 1 saturated carbocycles. The van der Waals surface area contributed by atoms with Crippen LogP contribution in [0.1, 0.15) is 28.9 Å². The molecule has 0 atom stereocenters. The van der Waals surface area contributed by atoms with Crippen LogP contribution in [0.2, 0.25) is 0 Å². The SMILES string of the molecule is Cc1[nH]nc(N)c1C(=O)N(CC(F)(F)F)C1CC1. The summed E-state index contributed by atoms with van der Waals surface area (Å²) in [7, 11) is 0. The van der Waals surface area contributed by atoms with E-state index in [0.717, 1.165) is 4.90 Å². The monoisotopic (exact) mass is 262 g/mol. The molecule has 8 heteroatoms. The Morgan fingerprint density at radius 1 is 1.56 bits per heavy atom. The van der Waals surface area contributed by atoms with Crippen molar-refractivity contribution in [3.8, 4) is 0 Å². The molecule has 1 fully saturated rings. The molecule has 2 rings (SSSR count). The summed E-state index contributed by atoms with van der Waals surface area (Å²) in [5.41, 5.74) is 5.91. The van der Waals surface area contributed by atoms with E-state index >= 15 is 0 Å². The average molecular weight is 262 g/mol. The summed E-state index contributed by atoms with van der Waals surface area (Å²) in [6.45, 7) is 0.301. The smallest absolute Gasteiger partial charge is 0.382 e. The van der Waals surface area contributed by atoms with E-state index in [4.69, 9.17) is 5.73 Å². The number of carbonyl (C=O) groups is 1. The minimum absolute atomic E-state index is 0.0335. The molecule has 1 aliphatic carbocycles. The van der Waals surface area contributed by atoms with E-state index in [0.29, 0.717) is 18.5 Å². The first-order chi connectivity index (χ1) is 8.29. The predicted molar refractivity (Wildman–Crippen MR) is 57.9 cm³/mol. The topological polar surface area (TPSA) is 75.0 Å². The molecule has 1 aliphatic rings. The molecule has 1 aromatic heterocycles. The van der Waals surface area contributed by atoms with Crippen LogP contribution in [0.25, 0.3) is 0 Å². The number of rotatable bonds is 3. The van der Waals surface area contributed by atoms with E-state index in [1.165, 1.54) is 0 Å². The lowest BCUT2D eigenvalue weighted by atomic mass is 10.2. The van der Waals surface area contributed by atoms with Crippen LogP contribution in [-0.2, 0) is 0 Å². The molecule has 5 nitrogen and oxygen atoms in total. The van der Waals surface area contributed by atoms with Crippen molar-refractivity contribution < 1.29 is 18.0 Å². The van der Waals surface area contributed by atoms with Gasteiger partial charge < -0.3 is 10.6 Å². The van der Waals surface area contributed by atoms with E-state index in [-0.39, 0.29) is 17.4 Å². The highest BCUT2D eigenvalue weighted by atomic mass is 19.4. The summed E-state index contributed by atoms with van der Waals surface area (Å²) in [5, 5.41) is 6.11. The lowest BCUT2D eigenvalue weighted by Crippen LogP contribution is -2.40. The normalized spacial score (nSPS) is 15.8. The Bertz CT molecular complexity index is 445. The van der Waals surface area contributed by atoms with Gasteiger partial charge in [-0.1, -0.05) is 0 Å². The molecular formula is C10H13F3N4O. The van der Waals surface area contributed by atoms with Crippen LogP contribution in [0.3, 0.4) is 0 Å². The van der Waals surface area contributed by atoms with Crippen molar-refractivity contribution in [1.82, 2.24) is 15.1 Å². The van der Waals surface area contributed by atoms with Crippen LogP contribution in [0, 0.1) is 6.92 Å². The second-order valence-electron chi connectivity index (χ2n) is 4.39. The number of aromatic amines is 1. The number of alkyl halides is 3. The Morgan fingerprint density at radius 2 is 2.17 bits per heavy atom. The van der Waals surface area contributed by atoms with E-state index < -0.39 is 18.6 Å². The number of halogens is 3. The molecular weight excluding hydrogens is 249 g/mol. The largest absolute Gasteiger partial charge is 0.406 e. The minimum atomic E-state index is -4.41. The Balaban J connectivity index is 2.24. The Kier molecular flexibility index (Phi) is 2.95. The number of nitrogens with two attached hydrogens (primary N) is 1. The second kappa shape index (κ2) is 4.18. The van der Waals surface area contributed by atoms with E-state index in [1.807, 2.05) is 0 Å². The molecule has 0 bridgehead atoms. The number of hydrogen-bond acceptors (Lipinski definition) is 3. The van der Waals surface area contributed by atoms with Gasteiger partial charge in [-0.25, -0.2) is 0 Å². The number of aryl methyl sites for hydroxylation is 1. The number of nitrogens with zero attached hydrogens (tertiary/aromatic N) is 2. The summed E-state index contributed by atoms with van der Waals surface area (Å²) in [6.07, 6.45) is -3.22. The fourth-order valence-electron chi connectivity index (χ4n) is 1.81. The van der Waals surface area contributed by atoms with Gasteiger partial charge in [-0.05, 0) is 19.8 Å². The molecule has 0 spiro atoms. The lowest BCUT2D eigenvalue weighted by Gasteiger charge is -2.23. The number of hydrogen-bond donors (Lipinski definition) is 2. The molecule has 18 heavy (non-hydrogen) atoms. The Hall–Kier alpha value is -1.73. The van der Waals surface area contributed by atoms with Crippen molar-refractivity contribution >= 4 is 11.7 Å². The highest BCUT2D eigenvalue weighted by Crippen LogP contribution is 2.32. The zero-order valence-electron chi connectivity index (χ0n) is 9.71. The molecule has 0 aromatic carbocycles. The summed E-state index contributed by atoms with van der Waals surface area (Å²) in [6, 6.07) is -0.340. The first-order valence-electron chi connectivity index (χ1n) is 5.48. The van der Waals surface area contributed by atoms with Crippen LogP contribution in [0.4, 0.5) is 19.0 Å². The molecule has 1 aromatic rings. The van der Waals surface area contributed by atoms with Gasteiger partial charge in [-0.3, -0.25) is 9.89 Å². The van der Waals surface area contributed by atoms with Crippen molar-refractivity contribution in [3.63, 3.8) is 0 Å². The van der Waals surface area contributed by atoms with Crippen molar-refractivity contribution in [2.24, 2.45) is 0 Å². The first-order valence-corrected chi connectivity index (χ1v) is 5.48. The van der Waals surface area contributed by atoms with E-state index in [1.54, 1.807) is 6.92 Å². The van der Waals surface area contributed by atoms with Crippen LogP contribution in [0.5, 0.6) is 0 Å². The van der Waals surface area contributed by atoms with Gasteiger partial charge in [0.2, 0.25) is 0 Å². The van der Waals surface area contributed by atoms with Gasteiger partial charge >= 0.3 is 6.18 Å². The van der Waals surface area contributed by atoms with E-state index in [2.05, 4.69) is 10.2 Å². The molecule has 0 saturated heterocycles. The first kappa shape index (κ1) is 12.7. The number of H-pyrrole nitrogens is 1. The van der Waals surface area contributed by atoms with Crippen LogP contribution in [0.15, 0.2) is 0 Å². The average Bonchev–Trinajstić information content (AvgIpc) is 3.01. The van der Waals surface area contributed by atoms with Gasteiger partial charge in [-0.2, -0.15) is 18.3 Å². The highest BCUT2D eigenvalue weighted by molar-refractivity contribution is 5.99. The summed E-state index contributed by atoms with van der Waals surface area (Å²) in [4.78, 5) is 12.9. The van der Waals surface area contributed by atoms with Gasteiger partial charge in [0.05, 0.1) is 0 Å². The van der Waals surface area contributed by atoms with Crippen LogP contribution < -0.4 is 5.73 Å². The van der Waals surface area contributed by atoms with Gasteiger partial charge in [0.15, 0.2) is 5.82 Å². The third-order valence-corrected chi connectivity index (χ3v) is 2.79. The zero-order chi connectivity index (χ0) is 13.5. The number of nitrogen functional groups attached to an aromatic ring is 1. The third kappa shape index (κ3) is 2.57. The van der Waals surface area contributed by atoms with Crippen molar-refractivity contribution in [3.05, 3.63) is 11.3 Å². The Labute approximate surface area is 101 Å². The number of carbonyl (C=O) groups excluding carboxylic acids is 1. The Morgan fingerprint density at radius 3 is 2.56 bits per heavy atom. The fourth-order valence-corrected chi connectivity index (χ4v) is 1.81. The quantitative estimate of drug-likeness (QED) is 0.866. The summed E-state index contributed by atoms with van der Waals surface area (Å²) < 4.78 is 37.3. The molecule has 0 unspecified atom stereocenters. The number of aromatic nitrogens is 2. The van der Waals surface area contributed by atoms with Gasteiger partial charge in [-0.15, -0.1) is 0 Å². The van der Waals surface area contributed by atoms with Gasteiger partial charge in [0, 0.05) is 11.7 Å². The summed E-state index contributed by atoms with van der Waals surface area (Å²) >= 11 is 0. The van der Waals surface area contributed by atoms with Crippen molar-refractivity contribution in [2.75, 3.05) is 12.3 Å². The molecule has 0 aliphatic heterocycles. The predicted octanol–water partition coefficient (Wildman–Crippen LogP) is 1.47. The van der Waals surface area contributed by atoms with Crippen LogP contribution in [-0.4, -0.2) is 39.8 Å². The third-order valence-electron chi connectivity index (χ3n) is 2.79. The molecule has 3 N–H and O–H groups in total. The number of amides is 1. The zero-order valence-corrected chi connectivity index (χ0v) is 9.71. The maximum absolute atomic E-state index is 12.4. The van der Waals surface area contributed by atoms with Gasteiger partial charge in [0.25, 0.3) is 5.91 Å². The molecule has 1 heterocycles. The fraction of sp³-hybridized carbons (Fsp3) is 0.600. The van der Waals surface area contributed by atoms with Crippen molar-refractivity contribution in [2.45, 2.75) is 32.0 Å². The molecule has 100 valence electrons. The maximum atomic E-state index is 12.4. The highest BCUT2D eigenvalue weighted by Gasteiger charge is 2.41. The van der Waals surface area contributed by atoms with Crippen LogP contribution >= 0.6 is 0 Å². The lowest BCUT2D eigenvalue weighted by molar-refractivity contribution is -0.141. The number of anilines is 1. The standard InChI is InChI=1S/C10H13F3N4O/c1-5-7(8(14)16-15-5)9(18)17(6-2-3-6)4-10(11,12)13/h6H,2-4H2,1H3,(H3,14,15,16). The minimum Gasteiger partial charge on any atom is -0.382 e. The number of nitrogens with one attached hydrogen (secondary N) is 1. The van der Waals surface area contributed by atoms with E-state index in [9.17, 15) is 18.0 Å². The van der Waals surface area contributed by atoms with Crippen molar-refractivity contribution in [1.29, 1.82) is 0 Å².